The molecule has 0 saturated carbocycles. The van der Waals surface area contributed by atoms with Gasteiger partial charge in [-0.05, 0) is 6.92 Å². The molecule has 0 aromatic heterocycles. The van der Waals surface area contributed by atoms with Crippen molar-refractivity contribution >= 4 is 15.4 Å². The number of benzene rings is 1. The Labute approximate surface area is 195 Å². The molecule has 1 atom stereocenters. The Morgan fingerprint density at radius 2 is 1.50 bits per heavy atom. The van der Waals surface area contributed by atoms with Crippen LogP contribution in [-0.4, -0.2) is 10.2 Å². The Kier molecular flexibility index (Phi) is 22.2. The van der Waals surface area contributed by atoms with E-state index in [-0.39, 0.29) is 44.0 Å². The molecule has 1 aromatic carbocycles. The molecule has 0 saturated heterocycles. The van der Waals surface area contributed by atoms with Crippen molar-refractivity contribution in [3.63, 3.8) is 0 Å². The van der Waals surface area contributed by atoms with Crippen LogP contribution in [0.1, 0.15) is 46.6 Å². The molecule has 2 aliphatic carbocycles. The summed E-state index contributed by atoms with van der Waals surface area (Å²) in [5, 5.41) is 1.36. The average Bonchev–Trinajstić information content (AvgIpc) is 2.78. The summed E-state index contributed by atoms with van der Waals surface area (Å²) in [7, 11) is 1.91. The first-order valence-corrected chi connectivity index (χ1v) is 9.34. The average molecular weight is 429 g/mol. The van der Waals surface area contributed by atoms with Gasteiger partial charge in [0.2, 0.25) is 0 Å². The first kappa shape index (κ1) is 34.5. The van der Waals surface area contributed by atoms with Gasteiger partial charge in [0.25, 0.3) is 0 Å². The van der Waals surface area contributed by atoms with Gasteiger partial charge in [0, 0.05) is 32.0 Å². The summed E-state index contributed by atoms with van der Waals surface area (Å²) in [6, 6.07) is 8.52. The molecule has 3 rings (SSSR count). The molecule has 0 amide bonds. The van der Waals surface area contributed by atoms with E-state index in [2.05, 4.69) is 96.2 Å². The van der Waals surface area contributed by atoms with Gasteiger partial charge in [-0.1, -0.05) is 68.1 Å². The molecule has 0 aliphatic heterocycles. The van der Waals surface area contributed by atoms with Crippen LogP contribution in [0.5, 0.6) is 0 Å². The summed E-state index contributed by atoms with van der Waals surface area (Å²) < 4.78 is 0. The third-order valence-corrected chi connectivity index (χ3v) is 4.90. The molecule has 157 valence electrons. The van der Waals surface area contributed by atoms with Gasteiger partial charge in [-0.2, -0.15) is 11.1 Å². The second-order valence-corrected chi connectivity index (χ2v) is 7.44. The van der Waals surface area contributed by atoms with Gasteiger partial charge < -0.3 is 22.3 Å². The summed E-state index contributed by atoms with van der Waals surface area (Å²) in [6.45, 7) is 12.9. The number of allylic oxidation sites excluding steroid dienone is 8. The maximum atomic E-state index is 3.36. The molecule has 2 heteroatoms. The van der Waals surface area contributed by atoms with Crippen molar-refractivity contribution in [2.45, 2.75) is 48.0 Å². The summed E-state index contributed by atoms with van der Waals surface area (Å²) in [5.41, 5.74) is 5.58. The van der Waals surface area contributed by atoms with E-state index in [4.69, 9.17) is 0 Å². The third-order valence-electron chi connectivity index (χ3n) is 4.42. The van der Waals surface area contributed by atoms with Crippen LogP contribution in [0, 0.1) is 47.1 Å². The quantitative estimate of drug-likeness (QED) is 0.330. The Bertz CT molecular complexity index is 612. The van der Waals surface area contributed by atoms with E-state index < -0.39 is 0 Å². The molecule has 0 heterocycles. The third kappa shape index (κ3) is 13.2. The first-order valence-electron chi connectivity index (χ1n) is 8.63. The zero-order valence-corrected chi connectivity index (χ0v) is 22.6. The van der Waals surface area contributed by atoms with Gasteiger partial charge in [-0.3, -0.25) is 6.08 Å². The van der Waals surface area contributed by atoms with Crippen molar-refractivity contribution < 1.29 is 21.7 Å². The maximum absolute atomic E-state index is 3.36. The number of hydrogen-bond donors (Lipinski definition) is 0. The maximum Gasteiger partial charge on any atom is 0.0477 e. The van der Waals surface area contributed by atoms with Crippen molar-refractivity contribution in [1.82, 2.24) is 0 Å². The minimum absolute atomic E-state index is 0. The van der Waals surface area contributed by atoms with Crippen LogP contribution in [-0.2, 0) is 21.7 Å². The zero-order valence-electron chi connectivity index (χ0n) is 19.6. The van der Waals surface area contributed by atoms with Gasteiger partial charge in [0.15, 0.2) is 0 Å². The fourth-order valence-electron chi connectivity index (χ4n) is 2.37. The second kappa shape index (κ2) is 18.0. The molecule has 0 fully saturated rings. The molecular formula is C26H40SiTi-5. The van der Waals surface area contributed by atoms with Crippen molar-refractivity contribution in [3.05, 3.63) is 105 Å². The standard InChI is InChI=1S/C9H13.C7H9Si.C7H9.3CH3.Ti/c1-6-5-7(2)9(4)8(6)3;1-6-2-4-7(8)5-3-6;1-7-5-3-2-4-6-7;;;;/h6H,1-4H3;2-5H,8H2,1H3;2-5H,6H2,1H3;3*1H3;/q-1;;4*-1;. The largest absolute Gasteiger partial charge is 0.358 e. The summed E-state index contributed by atoms with van der Waals surface area (Å²) in [5.74, 6) is 2.01. The SMILES string of the molecule is CC1=[C-]C(C)C(C)=C1C.C[C-]1C=CC=CC1.Cc1ccc([SiH2])cc1.[CH3-].[CH3-].[CH3-].[Ti]. The van der Waals surface area contributed by atoms with Crippen molar-refractivity contribution in [1.29, 1.82) is 0 Å². The van der Waals surface area contributed by atoms with Gasteiger partial charge in [0.05, 0.1) is 0 Å². The summed E-state index contributed by atoms with van der Waals surface area (Å²) >= 11 is 0. The van der Waals surface area contributed by atoms with E-state index >= 15 is 0 Å². The minimum atomic E-state index is 0. The molecule has 1 aromatic rings. The zero-order chi connectivity index (χ0) is 18.1. The van der Waals surface area contributed by atoms with Crippen molar-refractivity contribution in [2.24, 2.45) is 5.92 Å². The van der Waals surface area contributed by atoms with E-state index in [1.807, 2.05) is 10.2 Å². The molecular weight excluding hydrogens is 388 g/mol. The number of hydrogen-bond acceptors (Lipinski definition) is 0. The molecule has 2 aliphatic rings. The Balaban J connectivity index is -0.000000145. The number of aryl methyl sites for hydroxylation is 1. The molecule has 1 radical (unpaired) electrons. The van der Waals surface area contributed by atoms with Crippen LogP contribution in [0.2, 0.25) is 0 Å². The van der Waals surface area contributed by atoms with Crippen LogP contribution in [0.25, 0.3) is 0 Å². The smallest absolute Gasteiger partial charge is 0.0477 e. The molecule has 0 spiro atoms. The van der Waals surface area contributed by atoms with Crippen LogP contribution in [0.3, 0.4) is 0 Å². The van der Waals surface area contributed by atoms with Crippen molar-refractivity contribution in [2.75, 3.05) is 0 Å². The van der Waals surface area contributed by atoms with Gasteiger partial charge in [-0.15, -0.1) is 26.0 Å². The van der Waals surface area contributed by atoms with E-state index in [1.165, 1.54) is 33.4 Å². The predicted molar refractivity (Wildman–Crippen MR) is 130 cm³/mol. The summed E-state index contributed by atoms with van der Waals surface area (Å²) in [4.78, 5) is 0. The topological polar surface area (TPSA) is 0 Å². The normalized spacial score (nSPS) is 15.9. The Morgan fingerprint density at radius 3 is 1.71 bits per heavy atom. The van der Waals surface area contributed by atoms with Gasteiger partial charge in [-0.25, -0.2) is 23.6 Å². The van der Waals surface area contributed by atoms with E-state index in [1.54, 1.807) is 0 Å². The Morgan fingerprint density at radius 1 is 0.964 bits per heavy atom. The molecule has 28 heavy (non-hydrogen) atoms. The predicted octanol–water partition coefficient (Wildman–Crippen LogP) is 6.42. The van der Waals surface area contributed by atoms with E-state index in [0.717, 1.165) is 6.42 Å². The number of rotatable bonds is 0. The molecule has 0 N–H and O–H groups in total. The summed E-state index contributed by atoms with van der Waals surface area (Å²) in [6.07, 6.45) is 12.9. The van der Waals surface area contributed by atoms with Crippen molar-refractivity contribution in [3.8, 4) is 0 Å². The molecule has 0 bridgehead atoms. The fraction of sp³-hybridized carbons (Fsp3) is 0.308. The van der Waals surface area contributed by atoms with Crippen LogP contribution >= 0.6 is 0 Å². The van der Waals surface area contributed by atoms with Gasteiger partial charge >= 0.3 is 0 Å². The van der Waals surface area contributed by atoms with E-state index in [0.29, 0.717) is 5.92 Å². The van der Waals surface area contributed by atoms with Gasteiger partial charge in [0.1, 0.15) is 0 Å². The minimum Gasteiger partial charge on any atom is -0.358 e. The second-order valence-electron chi connectivity index (χ2n) is 6.62. The van der Waals surface area contributed by atoms with E-state index in [9.17, 15) is 0 Å². The Hall–Kier alpha value is -1.02. The van der Waals surface area contributed by atoms with Crippen LogP contribution in [0.15, 0.2) is 65.3 Å². The molecule has 0 nitrogen and oxygen atoms in total. The van der Waals surface area contributed by atoms with Crippen LogP contribution in [0.4, 0.5) is 0 Å². The fourth-order valence-corrected chi connectivity index (χ4v) is 2.61. The monoisotopic (exact) mass is 428 g/mol. The first-order chi connectivity index (χ1) is 11.3. The van der Waals surface area contributed by atoms with Crippen LogP contribution < -0.4 is 5.19 Å². The molecule has 1 unspecified atom stereocenters.